The third kappa shape index (κ3) is 3.41. The summed E-state index contributed by atoms with van der Waals surface area (Å²) >= 11 is 0. The van der Waals surface area contributed by atoms with Crippen LogP contribution in [-0.4, -0.2) is 43.6 Å². The molecule has 0 bridgehead atoms. The zero-order valence-electron chi connectivity index (χ0n) is 17.0. The minimum absolute atomic E-state index is 0.0510. The normalized spacial score (nSPS) is 27.7. The van der Waals surface area contributed by atoms with E-state index in [1.54, 1.807) is 0 Å². The van der Waals surface area contributed by atoms with Gasteiger partial charge in [-0.15, -0.1) is 0 Å². The Hall–Kier alpha value is -2.67. The first-order chi connectivity index (χ1) is 14.6. The highest BCUT2D eigenvalue weighted by atomic mass is 16.7. The SMILES string of the molecule is CC1=NC2=C(C(=O)CCC2)[C@@H](c2ccc3c(c2)OCO3)C1C(=O)OC[C@@H]1CCCO1. The number of carbonyl (C=O) groups excluding carboxylic acids is 2. The second-order valence-corrected chi connectivity index (χ2v) is 8.22. The molecule has 5 rings (SSSR count). The molecule has 3 atom stereocenters. The van der Waals surface area contributed by atoms with E-state index in [1.807, 2.05) is 25.1 Å². The lowest BCUT2D eigenvalue weighted by Crippen LogP contribution is -2.38. The number of Topliss-reactive ketones (excluding diaryl/α,β-unsaturated/α-hetero) is 1. The number of ketones is 1. The third-order valence-electron chi connectivity index (χ3n) is 6.28. The molecule has 30 heavy (non-hydrogen) atoms. The van der Waals surface area contributed by atoms with Crippen molar-refractivity contribution in [3.63, 3.8) is 0 Å². The molecule has 0 saturated carbocycles. The maximum Gasteiger partial charge on any atom is 0.315 e. The fraction of sp³-hybridized carbons (Fsp3) is 0.522. The van der Waals surface area contributed by atoms with Gasteiger partial charge >= 0.3 is 5.97 Å². The van der Waals surface area contributed by atoms with Crippen molar-refractivity contribution in [2.75, 3.05) is 20.0 Å². The summed E-state index contributed by atoms with van der Waals surface area (Å²) in [7, 11) is 0. The van der Waals surface area contributed by atoms with Gasteiger partial charge in [0.05, 0.1) is 6.10 Å². The molecule has 1 aliphatic carbocycles. The quantitative estimate of drug-likeness (QED) is 0.707. The maximum absolute atomic E-state index is 13.2. The Morgan fingerprint density at radius 2 is 2.07 bits per heavy atom. The lowest BCUT2D eigenvalue weighted by atomic mass is 9.71. The largest absolute Gasteiger partial charge is 0.462 e. The molecule has 0 aromatic heterocycles. The summed E-state index contributed by atoms with van der Waals surface area (Å²) in [5.74, 6) is -0.0815. The van der Waals surface area contributed by atoms with Crippen molar-refractivity contribution in [1.82, 2.24) is 0 Å². The van der Waals surface area contributed by atoms with Gasteiger partial charge in [0.2, 0.25) is 6.79 Å². The molecular formula is C23H25NO6. The van der Waals surface area contributed by atoms with Gasteiger partial charge in [0, 0.05) is 35.9 Å². The molecule has 4 aliphatic rings. The molecule has 0 radical (unpaired) electrons. The number of benzene rings is 1. The summed E-state index contributed by atoms with van der Waals surface area (Å²) < 4.78 is 22.2. The van der Waals surface area contributed by atoms with Crippen LogP contribution < -0.4 is 9.47 Å². The number of ether oxygens (including phenoxy) is 4. The van der Waals surface area contributed by atoms with E-state index in [9.17, 15) is 9.59 Å². The monoisotopic (exact) mass is 411 g/mol. The summed E-state index contributed by atoms with van der Waals surface area (Å²) in [4.78, 5) is 30.8. The van der Waals surface area contributed by atoms with E-state index in [0.717, 1.165) is 36.9 Å². The summed E-state index contributed by atoms with van der Waals surface area (Å²) in [6, 6.07) is 5.61. The third-order valence-corrected chi connectivity index (χ3v) is 6.28. The van der Waals surface area contributed by atoms with Crippen LogP contribution in [0.2, 0.25) is 0 Å². The first-order valence-corrected chi connectivity index (χ1v) is 10.6. The first-order valence-electron chi connectivity index (χ1n) is 10.6. The van der Waals surface area contributed by atoms with E-state index in [4.69, 9.17) is 18.9 Å². The van der Waals surface area contributed by atoms with Crippen molar-refractivity contribution in [1.29, 1.82) is 0 Å². The van der Waals surface area contributed by atoms with Crippen LogP contribution in [0.1, 0.15) is 50.5 Å². The van der Waals surface area contributed by atoms with Crippen LogP contribution in [0.25, 0.3) is 0 Å². The number of esters is 1. The van der Waals surface area contributed by atoms with Gasteiger partial charge in [-0.05, 0) is 50.3 Å². The van der Waals surface area contributed by atoms with E-state index in [0.29, 0.717) is 35.8 Å². The van der Waals surface area contributed by atoms with Crippen LogP contribution in [0.4, 0.5) is 0 Å². The molecule has 1 saturated heterocycles. The van der Waals surface area contributed by atoms with Gasteiger partial charge in [-0.1, -0.05) is 6.07 Å². The Morgan fingerprint density at radius 3 is 2.90 bits per heavy atom. The van der Waals surface area contributed by atoms with Crippen LogP contribution in [0, 0.1) is 5.92 Å². The number of hydrogen-bond acceptors (Lipinski definition) is 7. The van der Waals surface area contributed by atoms with E-state index in [2.05, 4.69) is 4.99 Å². The van der Waals surface area contributed by atoms with Gasteiger partial charge in [0.15, 0.2) is 17.3 Å². The van der Waals surface area contributed by atoms with Crippen molar-refractivity contribution in [2.24, 2.45) is 10.9 Å². The minimum atomic E-state index is -0.646. The van der Waals surface area contributed by atoms with Crippen LogP contribution in [0.3, 0.4) is 0 Å². The molecule has 1 aromatic rings. The standard InChI is InChI=1S/C23H25NO6/c1-13-20(23(26)28-11-15-4-3-9-27-15)21(22-16(24-13)5-2-6-17(22)25)14-7-8-18-19(10-14)30-12-29-18/h7-8,10,15,20-21H,2-6,9,11-12H2,1H3/t15-,20?,21-/m0/s1. The molecule has 1 unspecified atom stereocenters. The Morgan fingerprint density at radius 1 is 1.20 bits per heavy atom. The van der Waals surface area contributed by atoms with Crippen molar-refractivity contribution >= 4 is 17.5 Å². The van der Waals surface area contributed by atoms with Crippen molar-refractivity contribution in [2.45, 2.75) is 51.0 Å². The second-order valence-electron chi connectivity index (χ2n) is 8.22. The Balaban J connectivity index is 1.50. The molecule has 1 fully saturated rings. The predicted molar refractivity (Wildman–Crippen MR) is 108 cm³/mol. The summed E-state index contributed by atoms with van der Waals surface area (Å²) in [5.41, 5.74) is 2.97. The molecule has 7 nitrogen and oxygen atoms in total. The number of hydrogen-bond donors (Lipinski definition) is 0. The summed E-state index contributed by atoms with van der Waals surface area (Å²) in [5, 5.41) is 0. The van der Waals surface area contributed by atoms with Gasteiger partial charge in [-0.25, -0.2) is 0 Å². The molecule has 0 spiro atoms. The predicted octanol–water partition coefficient (Wildman–Crippen LogP) is 3.32. The van der Waals surface area contributed by atoms with E-state index < -0.39 is 11.8 Å². The Bertz CT molecular complexity index is 943. The van der Waals surface area contributed by atoms with Crippen molar-refractivity contribution < 1.29 is 28.5 Å². The zero-order valence-corrected chi connectivity index (χ0v) is 17.0. The summed E-state index contributed by atoms with van der Waals surface area (Å²) in [6.45, 7) is 2.96. The van der Waals surface area contributed by atoms with E-state index in [-0.39, 0.29) is 31.3 Å². The van der Waals surface area contributed by atoms with E-state index in [1.165, 1.54) is 0 Å². The lowest BCUT2D eigenvalue weighted by molar-refractivity contribution is -0.149. The van der Waals surface area contributed by atoms with E-state index >= 15 is 0 Å². The van der Waals surface area contributed by atoms with Gasteiger partial charge < -0.3 is 18.9 Å². The van der Waals surface area contributed by atoms with Gasteiger partial charge in [0.25, 0.3) is 0 Å². The lowest BCUT2D eigenvalue weighted by Gasteiger charge is -2.34. The van der Waals surface area contributed by atoms with Crippen LogP contribution in [-0.2, 0) is 19.1 Å². The molecule has 1 aromatic carbocycles. The number of fused-ring (bicyclic) bond motifs is 1. The fourth-order valence-electron chi connectivity index (χ4n) is 4.82. The van der Waals surface area contributed by atoms with Gasteiger partial charge in [-0.3, -0.25) is 14.6 Å². The molecular weight excluding hydrogens is 386 g/mol. The van der Waals surface area contributed by atoms with Crippen LogP contribution >= 0.6 is 0 Å². The Kier molecular flexibility index (Phi) is 5.06. The molecule has 0 amide bonds. The second kappa shape index (κ2) is 7.87. The number of rotatable bonds is 4. The van der Waals surface area contributed by atoms with Crippen LogP contribution in [0.5, 0.6) is 11.5 Å². The molecule has 3 heterocycles. The van der Waals surface area contributed by atoms with Gasteiger partial charge in [0.1, 0.15) is 12.5 Å². The first kappa shape index (κ1) is 19.3. The highest BCUT2D eigenvalue weighted by molar-refractivity contribution is 6.08. The molecule has 3 aliphatic heterocycles. The average Bonchev–Trinajstić information content (AvgIpc) is 3.42. The van der Waals surface area contributed by atoms with Gasteiger partial charge in [-0.2, -0.15) is 0 Å². The van der Waals surface area contributed by atoms with Crippen molar-refractivity contribution in [3.05, 3.63) is 35.0 Å². The Labute approximate surface area is 175 Å². The molecule has 158 valence electrons. The zero-order chi connectivity index (χ0) is 20.7. The summed E-state index contributed by atoms with van der Waals surface area (Å²) in [6.07, 6.45) is 3.84. The minimum Gasteiger partial charge on any atom is -0.462 e. The highest BCUT2D eigenvalue weighted by Crippen LogP contribution is 2.46. The fourth-order valence-corrected chi connectivity index (χ4v) is 4.82. The van der Waals surface area contributed by atoms with Crippen molar-refractivity contribution in [3.8, 4) is 11.5 Å². The topological polar surface area (TPSA) is 83.4 Å². The average molecular weight is 411 g/mol. The molecule has 7 heteroatoms. The smallest absolute Gasteiger partial charge is 0.315 e. The highest BCUT2D eigenvalue weighted by Gasteiger charge is 2.43. The van der Waals surface area contributed by atoms with Crippen LogP contribution in [0.15, 0.2) is 34.5 Å². The number of aliphatic imine (C=N–C) groups is 1. The number of carbonyl (C=O) groups is 2. The maximum atomic E-state index is 13.2. The molecule has 0 N–H and O–H groups in total. The number of nitrogens with zero attached hydrogens (tertiary/aromatic N) is 1. The number of allylic oxidation sites excluding steroid dienone is 2.